The molecule has 0 spiro atoms. The van der Waals surface area contributed by atoms with Crippen molar-refractivity contribution in [2.75, 3.05) is 25.5 Å². The maximum Gasteiger partial charge on any atom is 0.573 e. The Morgan fingerprint density at radius 1 is 1.16 bits per heavy atom. The number of alkyl halides is 3. The predicted molar refractivity (Wildman–Crippen MR) is 105 cm³/mol. The molecule has 2 N–H and O–H groups in total. The van der Waals surface area contributed by atoms with Crippen LogP contribution in [0.5, 0.6) is 5.75 Å². The van der Waals surface area contributed by atoms with Gasteiger partial charge >= 0.3 is 6.36 Å². The number of nitrogens with zero attached hydrogens (tertiary/aromatic N) is 4. The van der Waals surface area contributed by atoms with Crippen LogP contribution in [0.4, 0.5) is 19.0 Å². The minimum Gasteiger partial charge on any atom is -0.402 e. The second-order valence-electron chi connectivity index (χ2n) is 8.74. The molecule has 31 heavy (non-hydrogen) atoms. The molecule has 2 aliphatic carbocycles. The van der Waals surface area contributed by atoms with E-state index in [0.717, 1.165) is 38.3 Å². The summed E-state index contributed by atoms with van der Waals surface area (Å²) in [7, 11) is 0. The Balaban J connectivity index is 1.31. The fourth-order valence-electron chi connectivity index (χ4n) is 4.75. The van der Waals surface area contributed by atoms with Crippen LogP contribution in [-0.4, -0.2) is 51.8 Å². The molecule has 2 aliphatic heterocycles. The van der Waals surface area contributed by atoms with Crippen LogP contribution in [0, 0.1) is 5.92 Å². The molecule has 0 bridgehead atoms. The van der Waals surface area contributed by atoms with E-state index in [0.29, 0.717) is 35.2 Å². The molecule has 4 aliphatic rings. The van der Waals surface area contributed by atoms with E-state index in [4.69, 9.17) is 15.6 Å². The molecule has 2 saturated carbocycles. The highest BCUT2D eigenvalue weighted by Gasteiger charge is 2.53. The number of hydrogen-bond acceptors (Lipinski definition) is 6. The number of nitrogens with two attached hydrogens (primary N) is 1. The van der Waals surface area contributed by atoms with E-state index in [1.165, 1.54) is 24.3 Å². The number of aromatic nitrogens is 3. The molecule has 0 aromatic carbocycles. The Kier molecular flexibility index (Phi) is 4.05. The third kappa shape index (κ3) is 3.24. The van der Waals surface area contributed by atoms with Gasteiger partial charge in [-0.25, -0.2) is 4.98 Å². The molecule has 4 heterocycles. The third-order valence-corrected chi connectivity index (χ3v) is 6.80. The first-order chi connectivity index (χ1) is 14.9. The quantitative estimate of drug-likeness (QED) is 0.778. The summed E-state index contributed by atoms with van der Waals surface area (Å²) in [5.74, 6) is 0.000136. The van der Waals surface area contributed by atoms with Crippen LogP contribution >= 0.6 is 0 Å². The molecule has 164 valence electrons. The zero-order chi connectivity index (χ0) is 21.3. The maximum absolute atomic E-state index is 12.7. The molecule has 0 unspecified atom stereocenters. The molecule has 2 aromatic rings. The lowest BCUT2D eigenvalue weighted by atomic mass is 9.93. The Hall–Kier alpha value is -2.75. The number of fused-ring (bicyclic) bond motifs is 1. The van der Waals surface area contributed by atoms with Crippen molar-refractivity contribution in [3.8, 4) is 17.0 Å². The van der Waals surface area contributed by atoms with Crippen LogP contribution in [0.25, 0.3) is 11.3 Å². The summed E-state index contributed by atoms with van der Waals surface area (Å²) >= 11 is 0. The van der Waals surface area contributed by atoms with Crippen molar-refractivity contribution >= 4 is 5.82 Å². The lowest BCUT2D eigenvalue weighted by Crippen LogP contribution is -2.46. The Morgan fingerprint density at radius 2 is 1.97 bits per heavy atom. The van der Waals surface area contributed by atoms with Gasteiger partial charge in [0.15, 0.2) is 11.6 Å². The van der Waals surface area contributed by atoms with Crippen LogP contribution in [0.2, 0.25) is 0 Å². The minimum atomic E-state index is -4.83. The van der Waals surface area contributed by atoms with Crippen LogP contribution in [0.3, 0.4) is 0 Å². The van der Waals surface area contributed by atoms with Gasteiger partial charge in [-0.2, -0.15) is 5.10 Å². The number of halogens is 3. The van der Waals surface area contributed by atoms with E-state index in [1.807, 2.05) is 6.07 Å². The molecule has 2 atom stereocenters. The molecule has 2 aromatic heterocycles. The topological polar surface area (TPSA) is 78.4 Å². The molecular weight excluding hydrogens is 411 g/mol. The summed E-state index contributed by atoms with van der Waals surface area (Å²) in [6, 6.07) is 4.08. The molecule has 6 rings (SSSR count). The van der Waals surface area contributed by atoms with Crippen LogP contribution in [0.15, 0.2) is 30.1 Å². The fourth-order valence-corrected chi connectivity index (χ4v) is 4.75. The number of pyridine rings is 1. The normalized spacial score (nSPS) is 25.6. The summed E-state index contributed by atoms with van der Waals surface area (Å²) in [5.41, 5.74) is 9.18. The van der Waals surface area contributed by atoms with Crippen molar-refractivity contribution in [1.82, 2.24) is 19.7 Å². The van der Waals surface area contributed by atoms with Crippen LogP contribution in [0.1, 0.15) is 36.9 Å². The smallest absolute Gasteiger partial charge is 0.402 e. The zero-order valence-electron chi connectivity index (χ0n) is 16.7. The zero-order valence-corrected chi connectivity index (χ0v) is 16.7. The Morgan fingerprint density at radius 3 is 2.55 bits per heavy atom. The second-order valence-corrected chi connectivity index (χ2v) is 8.74. The molecule has 7 nitrogen and oxygen atoms in total. The SMILES string of the molecule is Nc1ncc(-c2cc([C@H]3C4=CN(C5COC5)C[C@@H]43)n(C3CCC3)n2)cc1OC(F)(F)F. The van der Waals surface area contributed by atoms with Gasteiger partial charge in [-0.05, 0) is 43.2 Å². The maximum atomic E-state index is 12.7. The third-order valence-electron chi connectivity index (χ3n) is 6.80. The summed E-state index contributed by atoms with van der Waals surface area (Å²) < 4.78 is 49.5. The van der Waals surface area contributed by atoms with Gasteiger partial charge in [0.1, 0.15) is 0 Å². The largest absolute Gasteiger partial charge is 0.573 e. The Bertz CT molecular complexity index is 1060. The van der Waals surface area contributed by atoms with Crippen molar-refractivity contribution in [3.63, 3.8) is 0 Å². The highest BCUT2D eigenvalue weighted by molar-refractivity contribution is 5.65. The minimum absolute atomic E-state index is 0.304. The highest BCUT2D eigenvalue weighted by Crippen LogP contribution is 2.58. The Labute approximate surface area is 176 Å². The lowest BCUT2D eigenvalue weighted by Gasteiger charge is -2.35. The first kappa shape index (κ1) is 19.0. The van der Waals surface area contributed by atoms with Gasteiger partial charge in [-0.1, -0.05) is 0 Å². The molecule has 3 fully saturated rings. The van der Waals surface area contributed by atoms with Crippen molar-refractivity contribution < 1.29 is 22.6 Å². The van der Waals surface area contributed by atoms with Crippen molar-refractivity contribution in [2.45, 2.75) is 43.6 Å². The van der Waals surface area contributed by atoms with Crippen LogP contribution < -0.4 is 10.5 Å². The summed E-state index contributed by atoms with van der Waals surface area (Å²) in [5, 5.41) is 4.78. The second kappa shape index (κ2) is 6.62. The van der Waals surface area contributed by atoms with E-state index < -0.39 is 12.1 Å². The van der Waals surface area contributed by atoms with Crippen molar-refractivity contribution in [3.05, 3.63) is 35.8 Å². The molecule has 0 amide bonds. The highest BCUT2D eigenvalue weighted by atomic mass is 19.4. The van der Waals surface area contributed by atoms with Gasteiger partial charge in [0.05, 0.1) is 31.0 Å². The van der Waals surface area contributed by atoms with Gasteiger partial charge in [-0.15, -0.1) is 13.2 Å². The van der Waals surface area contributed by atoms with Gasteiger partial charge < -0.3 is 20.1 Å². The molecular formula is C21H22F3N5O2. The van der Waals surface area contributed by atoms with E-state index in [-0.39, 0.29) is 5.82 Å². The average Bonchev–Trinajstić information content (AvgIpc) is 2.96. The van der Waals surface area contributed by atoms with Crippen LogP contribution in [-0.2, 0) is 4.74 Å². The fraction of sp³-hybridized carbons (Fsp3) is 0.524. The summed E-state index contributed by atoms with van der Waals surface area (Å²) in [4.78, 5) is 6.26. The van der Waals surface area contributed by atoms with Gasteiger partial charge in [0.25, 0.3) is 0 Å². The first-order valence-corrected chi connectivity index (χ1v) is 10.5. The number of nitrogen functional groups attached to an aromatic ring is 1. The first-order valence-electron chi connectivity index (χ1n) is 10.5. The van der Waals surface area contributed by atoms with E-state index in [1.54, 1.807) is 0 Å². The number of ether oxygens (including phenoxy) is 2. The van der Waals surface area contributed by atoms with Gasteiger partial charge in [0.2, 0.25) is 0 Å². The molecule has 0 radical (unpaired) electrons. The standard InChI is InChI=1S/C21H22F3N5O2/c22-21(23,24)31-18-4-11(6-26-20(18)25)16-5-17(29(27-16)12-2-1-3-12)19-14-7-28(8-15(14)19)13-9-30-10-13/h4-7,12-13,15,19H,1-3,8-10H2,(H2,25,26)/t15-,19-/m0/s1. The van der Waals surface area contributed by atoms with Crippen molar-refractivity contribution in [2.24, 2.45) is 5.92 Å². The number of hydrogen-bond donors (Lipinski definition) is 1. The van der Waals surface area contributed by atoms with E-state index >= 15 is 0 Å². The van der Waals surface area contributed by atoms with Crippen molar-refractivity contribution in [1.29, 1.82) is 0 Å². The summed E-state index contributed by atoms with van der Waals surface area (Å²) in [6.07, 6.45) is 2.18. The van der Waals surface area contributed by atoms with E-state index in [2.05, 4.69) is 25.5 Å². The van der Waals surface area contributed by atoms with Gasteiger partial charge in [0, 0.05) is 35.8 Å². The summed E-state index contributed by atoms with van der Waals surface area (Å²) in [6.45, 7) is 2.57. The number of anilines is 1. The molecule has 1 saturated heterocycles. The van der Waals surface area contributed by atoms with E-state index in [9.17, 15) is 13.2 Å². The predicted octanol–water partition coefficient (Wildman–Crippen LogP) is 3.46. The van der Waals surface area contributed by atoms with Gasteiger partial charge in [-0.3, -0.25) is 4.68 Å². The molecule has 10 heteroatoms. The average molecular weight is 433 g/mol. The lowest BCUT2D eigenvalue weighted by molar-refractivity contribution is -0.274. The monoisotopic (exact) mass is 433 g/mol. The number of rotatable bonds is 5.